The van der Waals surface area contributed by atoms with Crippen molar-refractivity contribution in [1.29, 1.82) is 0 Å². The van der Waals surface area contributed by atoms with E-state index in [9.17, 15) is 9.59 Å². The number of nitrogens with one attached hydrogen (secondary N) is 1. The van der Waals surface area contributed by atoms with Crippen LogP contribution in [0, 0.1) is 5.92 Å². The van der Waals surface area contributed by atoms with Gasteiger partial charge in [0.2, 0.25) is 0 Å². The predicted octanol–water partition coefficient (Wildman–Crippen LogP) is 3.26. The summed E-state index contributed by atoms with van der Waals surface area (Å²) in [6.07, 6.45) is 1.19. The van der Waals surface area contributed by atoms with Crippen molar-refractivity contribution in [3.63, 3.8) is 0 Å². The van der Waals surface area contributed by atoms with E-state index in [-0.39, 0.29) is 12.4 Å². The number of hydrogen-bond acceptors (Lipinski definition) is 5. The van der Waals surface area contributed by atoms with Gasteiger partial charge < -0.3 is 14.8 Å². The molecule has 0 amide bonds. The highest BCUT2D eigenvalue weighted by Gasteiger charge is 2.32. The van der Waals surface area contributed by atoms with Crippen LogP contribution in [-0.2, 0) is 14.3 Å². The molecule has 0 saturated carbocycles. The molecule has 0 bridgehead atoms. The maximum atomic E-state index is 12.3. The van der Waals surface area contributed by atoms with Gasteiger partial charge in [-0.25, -0.2) is 4.79 Å². The van der Waals surface area contributed by atoms with Crippen LogP contribution in [0.5, 0.6) is 5.75 Å². The SMILES string of the molecule is CCOC(=O)[C@@H](Nc1ccc(OC)cc1)[C@@H](CCCCl)C(C)=O. The van der Waals surface area contributed by atoms with E-state index in [1.54, 1.807) is 38.3 Å². The summed E-state index contributed by atoms with van der Waals surface area (Å²) in [5, 5.41) is 3.11. The number of benzene rings is 1. The van der Waals surface area contributed by atoms with Gasteiger partial charge in [0.05, 0.1) is 13.7 Å². The number of Topliss-reactive ketones (excluding diaryl/α,β-unsaturated/α-hetero) is 1. The number of carbonyl (C=O) groups excluding carboxylic acids is 2. The molecule has 23 heavy (non-hydrogen) atoms. The number of carbonyl (C=O) groups is 2. The molecule has 0 radical (unpaired) electrons. The van der Waals surface area contributed by atoms with E-state index in [2.05, 4.69) is 5.32 Å². The fraction of sp³-hybridized carbons (Fsp3) is 0.529. The lowest BCUT2D eigenvalue weighted by molar-refractivity contribution is -0.147. The zero-order valence-electron chi connectivity index (χ0n) is 13.8. The molecule has 128 valence electrons. The van der Waals surface area contributed by atoms with Gasteiger partial charge in [-0.05, 0) is 51.0 Å². The van der Waals surface area contributed by atoms with Crippen LogP contribution in [0.25, 0.3) is 0 Å². The van der Waals surface area contributed by atoms with Gasteiger partial charge in [-0.2, -0.15) is 0 Å². The van der Waals surface area contributed by atoms with E-state index in [1.807, 2.05) is 0 Å². The Morgan fingerprint density at radius 1 is 1.26 bits per heavy atom. The standard InChI is InChI=1S/C17H24ClNO4/c1-4-23-17(21)16(15(12(2)20)6-5-11-18)19-13-7-9-14(22-3)10-8-13/h7-10,15-16,19H,4-6,11H2,1-3H3/t15-,16-/m0/s1. The van der Waals surface area contributed by atoms with Crippen LogP contribution in [0.3, 0.4) is 0 Å². The average Bonchev–Trinajstić information content (AvgIpc) is 2.54. The first kappa shape index (κ1) is 19.3. The van der Waals surface area contributed by atoms with Crippen molar-refractivity contribution in [1.82, 2.24) is 0 Å². The molecule has 0 aliphatic rings. The van der Waals surface area contributed by atoms with Gasteiger partial charge >= 0.3 is 5.97 Å². The molecule has 0 saturated heterocycles. The number of methoxy groups -OCH3 is 1. The molecule has 0 aliphatic carbocycles. The molecular weight excluding hydrogens is 318 g/mol. The molecule has 0 fully saturated rings. The van der Waals surface area contributed by atoms with Gasteiger partial charge in [-0.15, -0.1) is 11.6 Å². The number of esters is 1. The second kappa shape index (κ2) is 10.1. The Kier molecular flexibility index (Phi) is 8.48. The third-order valence-electron chi connectivity index (χ3n) is 3.53. The van der Waals surface area contributed by atoms with Crippen molar-refractivity contribution >= 4 is 29.0 Å². The molecule has 1 rings (SSSR count). The molecule has 0 unspecified atom stereocenters. The van der Waals surface area contributed by atoms with Crippen LogP contribution < -0.4 is 10.1 Å². The number of hydrogen-bond donors (Lipinski definition) is 1. The highest BCUT2D eigenvalue weighted by atomic mass is 35.5. The molecule has 2 atom stereocenters. The van der Waals surface area contributed by atoms with E-state index in [4.69, 9.17) is 21.1 Å². The maximum Gasteiger partial charge on any atom is 0.329 e. The first-order valence-corrected chi connectivity index (χ1v) is 8.20. The highest BCUT2D eigenvalue weighted by molar-refractivity contribution is 6.17. The Hall–Kier alpha value is -1.75. The second-order valence-electron chi connectivity index (χ2n) is 5.15. The van der Waals surface area contributed by atoms with Crippen molar-refractivity contribution in [2.45, 2.75) is 32.7 Å². The van der Waals surface area contributed by atoms with Gasteiger partial charge in [0.15, 0.2) is 0 Å². The molecule has 0 heterocycles. The summed E-state index contributed by atoms with van der Waals surface area (Å²) in [6.45, 7) is 3.49. The molecular formula is C17H24ClNO4. The third-order valence-corrected chi connectivity index (χ3v) is 3.79. The minimum atomic E-state index is -0.732. The summed E-state index contributed by atoms with van der Waals surface area (Å²) in [6, 6.07) is 6.43. The smallest absolute Gasteiger partial charge is 0.329 e. The van der Waals surface area contributed by atoms with Crippen LogP contribution in [0.2, 0.25) is 0 Å². The van der Waals surface area contributed by atoms with Crippen molar-refractivity contribution in [2.24, 2.45) is 5.92 Å². The normalized spacial score (nSPS) is 13.0. The van der Waals surface area contributed by atoms with Crippen molar-refractivity contribution < 1.29 is 19.1 Å². The van der Waals surface area contributed by atoms with Crippen LogP contribution in [0.4, 0.5) is 5.69 Å². The van der Waals surface area contributed by atoms with E-state index in [0.717, 1.165) is 5.69 Å². The largest absolute Gasteiger partial charge is 0.497 e. The average molecular weight is 342 g/mol. The molecule has 1 N–H and O–H groups in total. The zero-order valence-corrected chi connectivity index (χ0v) is 14.6. The minimum Gasteiger partial charge on any atom is -0.497 e. The zero-order chi connectivity index (χ0) is 17.2. The van der Waals surface area contributed by atoms with Crippen LogP contribution in [0.1, 0.15) is 26.7 Å². The molecule has 1 aromatic carbocycles. The van der Waals surface area contributed by atoms with Crippen molar-refractivity contribution in [3.05, 3.63) is 24.3 Å². The molecule has 0 aromatic heterocycles. The number of alkyl halides is 1. The molecule has 0 spiro atoms. The van der Waals surface area contributed by atoms with Gasteiger partial charge in [0.25, 0.3) is 0 Å². The lowest BCUT2D eigenvalue weighted by Gasteiger charge is -2.25. The Labute approximate surface area is 142 Å². The van der Waals surface area contributed by atoms with E-state index in [0.29, 0.717) is 24.5 Å². The van der Waals surface area contributed by atoms with E-state index in [1.165, 1.54) is 6.92 Å². The fourth-order valence-corrected chi connectivity index (χ4v) is 2.48. The quantitative estimate of drug-likeness (QED) is 0.522. The fourth-order valence-electron chi connectivity index (χ4n) is 2.32. The third kappa shape index (κ3) is 6.10. The minimum absolute atomic E-state index is 0.0609. The number of rotatable bonds is 10. The lowest BCUT2D eigenvalue weighted by Crippen LogP contribution is -2.41. The maximum absolute atomic E-state index is 12.3. The Morgan fingerprint density at radius 3 is 2.39 bits per heavy atom. The van der Waals surface area contributed by atoms with Gasteiger partial charge in [-0.3, -0.25) is 4.79 Å². The Morgan fingerprint density at radius 2 is 1.91 bits per heavy atom. The highest BCUT2D eigenvalue weighted by Crippen LogP contribution is 2.22. The van der Waals surface area contributed by atoms with Gasteiger partial charge in [-0.1, -0.05) is 0 Å². The molecule has 6 heteroatoms. The Balaban J connectivity index is 2.96. The van der Waals surface area contributed by atoms with Gasteiger partial charge in [0.1, 0.15) is 17.6 Å². The monoisotopic (exact) mass is 341 g/mol. The second-order valence-corrected chi connectivity index (χ2v) is 5.53. The first-order chi connectivity index (χ1) is 11.0. The summed E-state index contributed by atoms with van der Waals surface area (Å²) in [7, 11) is 1.59. The van der Waals surface area contributed by atoms with Gasteiger partial charge in [0, 0.05) is 17.5 Å². The summed E-state index contributed by atoms with van der Waals surface area (Å²) in [5.74, 6) is 0.192. The Bertz CT molecular complexity index is 504. The summed E-state index contributed by atoms with van der Waals surface area (Å²) in [5.41, 5.74) is 0.723. The number of ether oxygens (including phenoxy) is 2. The van der Waals surface area contributed by atoms with E-state index < -0.39 is 17.9 Å². The summed E-state index contributed by atoms with van der Waals surface area (Å²) < 4.78 is 10.2. The number of halogens is 1. The van der Waals surface area contributed by atoms with Crippen molar-refractivity contribution in [2.75, 3.05) is 24.9 Å². The topological polar surface area (TPSA) is 64.6 Å². The van der Waals surface area contributed by atoms with Crippen LogP contribution in [-0.4, -0.2) is 37.4 Å². The molecule has 1 aromatic rings. The lowest BCUT2D eigenvalue weighted by atomic mass is 9.91. The van der Waals surface area contributed by atoms with Crippen LogP contribution in [0.15, 0.2) is 24.3 Å². The number of ketones is 1. The van der Waals surface area contributed by atoms with E-state index >= 15 is 0 Å². The summed E-state index contributed by atoms with van der Waals surface area (Å²) in [4.78, 5) is 24.3. The summed E-state index contributed by atoms with van der Waals surface area (Å²) >= 11 is 5.73. The predicted molar refractivity (Wildman–Crippen MR) is 91.2 cm³/mol. The molecule has 5 nitrogen and oxygen atoms in total. The first-order valence-electron chi connectivity index (χ1n) is 7.67. The van der Waals surface area contributed by atoms with Crippen LogP contribution >= 0.6 is 11.6 Å². The molecule has 0 aliphatic heterocycles. The van der Waals surface area contributed by atoms with Crippen molar-refractivity contribution in [3.8, 4) is 5.75 Å². The number of anilines is 1.